The predicted molar refractivity (Wildman–Crippen MR) is 93.6 cm³/mol. The van der Waals surface area contributed by atoms with Gasteiger partial charge in [0.15, 0.2) is 0 Å². The fourth-order valence-electron chi connectivity index (χ4n) is 2.42. The van der Waals surface area contributed by atoms with Crippen molar-refractivity contribution in [3.05, 3.63) is 59.7 Å². The standard InChI is InChI=1S/C18H20N2O3S/c1-2-13-5-3-4-6-17(13)19-18(21)14-7-11-16(12-8-14)24(22,23)20-15-9-10-15/h3-8,11-12,15,20H,2,9-10H2,1H3,(H,19,21). The molecule has 126 valence electrons. The van der Waals surface area contributed by atoms with E-state index >= 15 is 0 Å². The van der Waals surface area contributed by atoms with Crippen LogP contribution in [0.15, 0.2) is 53.4 Å². The second-order valence-corrected chi connectivity index (χ2v) is 7.60. The molecule has 1 aliphatic rings. The number of benzene rings is 2. The van der Waals surface area contributed by atoms with Crippen LogP contribution in [0, 0.1) is 0 Å². The van der Waals surface area contributed by atoms with Gasteiger partial charge in [-0.25, -0.2) is 13.1 Å². The highest BCUT2D eigenvalue weighted by molar-refractivity contribution is 7.89. The molecule has 0 heterocycles. The number of carbonyl (C=O) groups is 1. The largest absolute Gasteiger partial charge is 0.322 e. The third-order valence-corrected chi connectivity index (χ3v) is 5.51. The Labute approximate surface area is 142 Å². The summed E-state index contributed by atoms with van der Waals surface area (Å²) in [5, 5.41) is 2.87. The van der Waals surface area contributed by atoms with Crippen molar-refractivity contribution in [1.82, 2.24) is 4.72 Å². The average Bonchev–Trinajstić information content (AvgIpc) is 3.38. The van der Waals surface area contributed by atoms with Crippen LogP contribution >= 0.6 is 0 Å². The Morgan fingerprint density at radius 2 is 1.75 bits per heavy atom. The van der Waals surface area contributed by atoms with Crippen molar-refractivity contribution >= 4 is 21.6 Å². The molecule has 0 spiro atoms. The molecular formula is C18H20N2O3S. The van der Waals surface area contributed by atoms with Crippen molar-refractivity contribution in [1.29, 1.82) is 0 Å². The molecule has 0 aliphatic heterocycles. The van der Waals surface area contributed by atoms with Crippen molar-refractivity contribution in [2.75, 3.05) is 5.32 Å². The van der Waals surface area contributed by atoms with Gasteiger partial charge in [-0.1, -0.05) is 25.1 Å². The average molecular weight is 344 g/mol. The van der Waals surface area contributed by atoms with Gasteiger partial charge in [0.05, 0.1) is 4.90 Å². The van der Waals surface area contributed by atoms with Crippen molar-refractivity contribution in [3.63, 3.8) is 0 Å². The number of hydrogen-bond donors (Lipinski definition) is 2. The number of sulfonamides is 1. The highest BCUT2D eigenvalue weighted by atomic mass is 32.2. The maximum Gasteiger partial charge on any atom is 0.255 e. The molecule has 5 nitrogen and oxygen atoms in total. The van der Waals surface area contributed by atoms with Crippen molar-refractivity contribution in [2.24, 2.45) is 0 Å². The van der Waals surface area contributed by atoms with E-state index in [1.54, 1.807) is 0 Å². The summed E-state index contributed by atoms with van der Waals surface area (Å²) in [6.07, 6.45) is 2.59. The number of carbonyl (C=O) groups excluding carboxylic acids is 1. The first-order chi connectivity index (χ1) is 11.5. The van der Waals surface area contributed by atoms with E-state index in [1.165, 1.54) is 24.3 Å². The third kappa shape index (κ3) is 3.83. The van der Waals surface area contributed by atoms with E-state index in [0.717, 1.165) is 30.5 Å². The first-order valence-corrected chi connectivity index (χ1v) is 9.49. The van der Waals surface area contributed by atoms with Crippen LogP contribution in [0.1, 0.15) is 35.7 Å². The van der Waals surface area contributed by atoms with Crippen LogP contribution in [0.2, 0.25) is 0 Å². The number of hydrogen-bond acceptors (Lipinski definition) is 3. The molecule has 3 rings (SSSR count). The fraction of sp³-hybridized carbons (Fsp3) is 0.278. The van der Waals surface area contributed by atoms with Crippen molar-refractivity contribution in [3.8, 4) is 0 Å². The number of amides is 1. The Hall–Kier alpha value is -2.18. The van der Waals surface area contributed by atoms with Crippen molar-refractivity contribution in [2.45, 2.75) is 37.1 Å². The Bertz CT molecular complexity index is 841. The molecule has 1 fully saturated rings. The number of para-hydroxylation sites is 1. The lowest BCUT2D eigenvalue weighted by molar-refractivity contribution is 0.102. The van der Waals surface area contributed by atoms with Crippen LogP contribution in [-0.2, 0) is 16.4 Å². The van der Waals surface area contributed by atoms with Gasteiger partial charge in [0, 0.05) is 17.3 Å². The zero-order valence-corrected chi connectivity index (χ0v) is 14.3. The van der Waals surface area contributed by atoms with Gasteiger partial charge in [0.25, 0.3) is 5.91 Å². The monoisotopic (exact) mass is 344 g/mol. The Balaban J connectivity index is 1.74. The zero-order chi connectivity index (χ0) is 17.2. The van der Waals surface area contributed by atoms with Crippen LogP contribution < -0.4 is 10.0 Å². The van der Waals surface area contributed by atoms with Crippen LogP contribution in [0.5, 0.6) is 0 Å². The SMILES string of the molecule is CCc1ccccc1NC(=O)c1ccc(S(=O)(=O)NC2CC2)cc1. The van der Waals surface area contributed by atoms with Gasteiger partial charge < -0.3 is 5.32 Å². The number of nitrogens with one attached hydrogen (secondary N) is 2. The maximum absolute atomic E-state index is 12.4. The summed E-state index contributed by atoms with van der Waals surface area (Å²) in [4.78, 5) is 12.5. The third-order valence-electron chi connectivity index (χ3n) is 3.97. The number of rotatable bonds is 6. The van der Waals surface area contributed by atoms with Crippen molar-refractivity contribution < 1.29 is 13.2 Å². The molecule has 1 saturated carbocycles. The predicted octanol–water partition coefficient (Wildman–Crippen LogP) is 2.94. The smallest absolute Gasteiger partial charge is 0.255 e. The van der Waals surface area contributed by atoms with Gasteiger partial charge in [0.1, 0.15) is 0 Å². The molecular weight excluding hydrogens is 324 g/mol. The summed E-state index contributed by atoms with van der Waals surface area (Å²) in [5.74, 6) is -0.255. The van der Waals surface area contributed by atoms with Gasteiger partial charge in [-0.3, -0.25) is 4.79 Å². The summed E-state index contributed by atoms with van der Waals surface area (Å²) in [6.45, 7) is 2.03. The van der Waals surface area contributed by atoms with Gasteiger partial charge in [-0.15, -0.1) is 0 Å². The normalized spacial score (nSPS) is 14.4. The second-order valence-electron chi connectivity index (χ2n) is 5.88. The molecule has 0 aromatic heterocycles. The Morgan fingerprint density at radius 1 is 1.08 bits per heavy atom. The molecule has 1 aliphatic carbocycles. The summed E-state index contributed by atoms with van der Waals surface area (Å²) < 4.78 is 26.9. The minimum atomic E-state index is -3.49. The minimum absolute atomic E-state index is 0.0588. The van der Waals surface area contributed by atoms with Gasteiger partial charge in [-0.05, 0) is 55.2 Å². The molecule has 1 amide bonds. The van der Waals surface area contributed by atoms with Crippen LogP contribution in [-0.4, -0.2) is 20.4 Å². The fourth-order valence-corrected chi connectivity index (χ4v) is 3.72. The lowest BCUT2D eigenvalue weighted by atomic mass is 10.1. The molecule has 0 unspecified atom stereocenters. The molecule has 2 aromatic rings. The summed E-state index contributed by atoms with van der Waals surface area (Å²) in [6, 6.07) is 13.7. The molecule has 24 heavy (non-hydrogen) atoms. The minimum Gasteiger partial charge on any atom is -0.322 e. The second kappa shape index (κ2) is 6.75. The zero-order valence-electron chi connectivity index (χ0n) is 13.5. The molecule has 0 saturated heterocycles. The van der Waals surface area contributed by atoms with E-state index in [2.05, 4.69) is 10.0 Å². The van der Waals surface area contributed by atoms with E-state index in [9.17, 15) is 13.2 Å². The highest BCUT2D eigenvalue weighted by Gasteiger charge is 2.27. The number of aryl methyl sites for hydroxylation is 1. The Kier molecular flexibility index (Phi) is 4.69. The topological polar surface area (TPSA) is 75.3 Å². The van der Waals surface area contributed by atoms with Gasteiger partial charge in [-0.2, -0.15) is 0 Å². The first kappa shape index (κ1) is 16.7. The van der Waals surface area contributed by atoms with E-state index in [0.29, 0.717) is 5.56 Å². The van der Waals surface area contributed by atoms with Crippen LogP contribution in [0.4, 0.5) is 5.69 Å². The molecule has 6 heteroatoms. The maximum atomic E-state index is 12.4. The van der Waals surface area contributed by atoms with E-state index in [4.69, 9.17) is 0 Å². The molecule has 2 aromatic carbocycles. The quantitative estimate of drug-likeness (QED) is 0.846. The molecule has 0 radical (unpaired) electrons. The summed E-state index contributed by atoms with van der Waals surface area (Å²) in [5.41, 5.74) is 2.25. The Morgan fingerprint density at radius 3 is 2.38 bits per heavy atom. The molecule has 2 N–H and O–H groups in total. The lowest BCUT2D eigenvalue weighted by Crippen LogP contribution is -2.25. The van der Waals surface area contributed by atoms with Crippen LogP contribution in [0.25, 0.3) is 0 Å². The summed E-state index contributed by atoms with van der Waals surface area (Å²) in [7, 11) is -3.49. The first-order valence-electron chi connectivity index (χ1n) is 8.01. The lowest BCUT2D eigenvalue weighted by Gasteiger charge is -2.10. The molecule has 0 bridgehead atoms. The van der Waals surface area contributed by atoms with E-state index in [1.807, 2.05) is 31.2 Å². The number of anilines is 1. The molecule has 0 atom stereocenters. The van der Waals surface area contributed by atoms with E-state index < -0.39 is 10.0 Å². The van der Waals surface area contributed by atoms with Gasteiger partial charge in [0.2, 0.25) is 10.0 Å². The van der Waals surface area contributed by atoms with Crippen LogP contribution in [0.3, 0.4) is 0 Å². The van der Waals surface area contributed by atoms with Gasteiger partial charge >= 0.3 is 0 Å². The van der Waals surface area contributed by atoms with E-state index in [-0.39, 0.29) is 16.8 Å². The highest BCUT2D eigenvalue weighted by Crippen LogP contribution is 2.22. The summed E-state index contributed by atoms with van der Waals surface area (Å²) >= 11 is 0.